The Morgan fingerprint density at radius 3 is 2.23 bits per heavy atom. The molecule has 2 rings (SSSR count). The molecule has 0 aliphatic carbocycles. The minimum absolute atomic E-state index is 0.0311. The summed E-state index contributed by atoms with van der Waals surface area (Å²) in [4.78, 5) is 9.93. The van der Waals surface area contributed by atoms with E-state index in [1.807, 2.05) is 30.3 Å². The van der Waals surface area contributed by atoms with Crippen LogP contribution in [0.3, 0.4) is 0 Å². The van der Waals surface area contributed by atoms with Crippen molar-refractivity contribution in [2.24, 2.45) is 5.73 Å². The molecule has 0 bridgehead atoms. The molecule has 2 aromatic carbocycles. The van der Waals surface area contributed by atoms with Gasteiger partial charge in [0, 0.05) is 24.7 Å². The molecule has 0 heterocycles. The van der Waals surface area contributed by atoms with Gasteiger partial charge in [-0.15, -0.1) is 0 Å². The van der Waals surface area contributed by atoms with Crippen molar-refractivity contribution in [1.82, 2.24) is 4.72 Å². The van der Waals surface area contributed by atoms with Crippen LogP contribution in [0.5, 0.6) is 0 Å². The van der Waals surface area contributed by atoms with Crippen LogP contribution in [-0.4, -0.2) is 19.9 Å². The Bertz CT molecular complexity index is 745. The number of nitrogens with one attached hydrogen (secondary N) is 1. The van der Waals surface area contributed by atoms with Crippen LogP contribution in [0.1, 0.15) is 11.6 Å². The topological polar surface area (TPSA) is 115 Å². The lowest BCUT2D eigenvalue weighted by molar-refractivity contribution is -0.384. The predicted molar refractivity (Wildman–Crippen MR) is 81.7 cm³/mol. The van der Waals surface area contributed by atoms with E-state index in [1.165, 1.54) is 12.1 Å². The summed E-state index contributed by atoms with van der Waals surface area (Å²) >= 11 is 0. The van der Waals surface area contributed by atoms with Gasteiger partial charge in [0.1, 0.15) is 0 Å². The summed E-state index contributed by atoms with van der Waals surface area (Å²) < 4.78 is 26.6. The van der Waals surface area contributed by atoms with Crippen molar-refractivity contribution in [2.45, 2.75) is 10.9 Å². The molecular weight excluding hydrogens is 306 g/mol. The SMILES string of the molecule is N[C@@H](CNS(=O)(=O)c1ccc([N+](=O)[O-])cc1)c1ccccc1. The summed E-state index contributed by atoms with van der Waals surface area (Å²) in [5.74, 6) is 0. The Balaban J connectivity index is 2.06. The van der Waals surface area contributed by atoms with Gasteiger partial charge in [-0.25, -0.2) is 13.1 Å². The van der Waals surface area contributed by atoms with E-state index in [1.54, 1.807) is 0 Å². The molecule has 1 atom stereocenters. The summed E-state index contributed by atoms with van der Waals surface area (Å²) in [6.07, 6.45) is 0. The van der Waals surface area contributed by atoms with Crippen LogP contribution >= 0.6 is 0 Å². The third-order valence-corrected chi connectivity index (χ3v) is 4.52. The van der Waals surface area contributed by atoms with Gasteiger partial charge in [-0.05, 0) is 17.7 Å². The fourth-order valence-corrected chi connectivity index (χ4v) is 2.91. The zero-order valence-corrected chi connectivity index (χ0v) is 12.4. The first-order valence-corrected chi connectivity index (χ1v) is 7.93. The number of nitrogens with two attached hydrogens (primary N) is 1. The maximum atomic E-state index is 12.1. The molecule has 8 heteroatoms. The molecule has 22 heavy (non-hydrogen) atoms. The molecule has 7 nitrogen and oxygen atoms in total. The summed E-state index contributed by atoms with van der Waals surface area (Å²) in [6, 6.07) is 13.3. The van der Waals surface area contributed by atoms with Crippen LogP contribution < -0.4 is 10.5 Å². The molecule has 0 aliphatic rings. The Labute approximate surface area is 128 Å². The monoisotopic (exact) mass is 321 g/mol. The van der Waals surface area contributed by atoms with E-state index in [4.69, 9.17) is 5.73 Å². The van der Waals surface area contributed by atoms with Gasteiger partial charge in [-0.1, -0.05) is 30.3 Å². The fraction of sp³-hybridized carbons (Fsp3) is 0.143. The largest absolute Gasteiger partial charge is 0.323 e. The Morgan fingerprint density at radius 2 is 1.68 bits per heavy atom. The fourth-order valence-electron chi connectivity index (χ4n) is 1.85. The number of hydrogen-bond donors (Lipinski definition) is 2. The van der Waals surface area contributed by atoms with Crippen LogP contribution in [0, 0.1) is 10.1 Å². The second-order valence-corrected chi connectivity index (χ2v) is 6.39. The number of non-ortho nitro benzene ring substituents is 1. The van der Waals surface area contributed by atoms with Gasteiger partial charge in [-0.3, -0.25) is 10.1 Å². The minimum Gasteiger partial charge on any atom is -0.323 e. The lowest BCUT2D eigenvalue weighted by Crippen LogP contribution is -2.31. The maximum absolute atomic E-state index is 12.1. The van der Waals surface area contributed by atoms with Crippen molar-refractivity contribution in [2.75, 3.05) is 6.54 Å². The highest BCUT2D eigenvalue weighted by Crippen LogP contribution is 2.16. The smallest absolute Gasteiger partial charge is 0.269 e. The first-order chi connectivity index (χ1) is 10.4. The zero-order valence-electron chi connectivity index (χ0n) is 11.5. The minimum atomic E-state index is -3.76. The molecule has 0 aromatic heterocycles. The summed E-state index contributed by atoms with van der Waals surface area (Å²) in [5.41, 5.74) is 6.57. The van der Waals surface area contributed by atoms with E-state index >= 15 is 0 Å². The lowest BCUT2D eigenvalue weighted by atomic mass is 10.1. The third-order valence-electron chi connectivity index (χ3n) is 3.08. The van der Waals surface area contributed by atoms with Crippen LogP contribution in [0.2, 0.25) is 0 Å². The molecule has 0 fully saturated rings. The second kappa shape index (κ2) is 6.65. The molecule has 116 valence electrons. The number of nitrogens with zero attached hydrogens (tertiary/aromatic N) is 1. The summed E-state index contributed by atoms with van der Waals surface area (Å²) in [7, 11) is -3.76. The predicted octanol–water partition coefficient (Wildman–Crippen LogP) is 1.57. The van der Waals surface area contributed by atoms with E-state index < -0.39 is 21.0 Å². The van der Waals surface area contributed by atoms with Gasteiger partial charge < -0.3 is 5.73 Å². The molecule has 0 radical (unpaired) electrons. The molecule has 0 spiro atoms. The molecular formula is C14H15N3O4S. The van der Waals surface area contributed by atoms with Crippen LogP contribution in [0.4, 0.5) is 5.69 Å². The standard InChI is InChI=1S/C14H15N3O4S/c15-14(11-4-2-1-3-5-11)10-16-22(20,21)13-8-6-12(7-9-13)17(18)19/h1-9,14,16H,10,15H2/t14-/m0/s1. The highest BCUT2D eigenvalue weighted by atomic mass is 32.2. The number of benzene rings is 2. The first-order valence-electron chi connectivity index (χ1n) is 6.45. The van der Waals surface area contributed by atoms with Crippen molar-refractivity contribution in [3.8, 4) is 0 Å². The average Bonchev–Trinajstić information content (AvgIpc) is 2.53. The molecule has 0 saturated heterocycles. The normalized spacial score (nSPS) is 12.8. The van der Waals surface area contributed by atoms with Gasteiger partial charge in [0.2, 0.25) is 10.0 Å². The Morgan fingerprint density at radius 1 is 1.09 bits per heavy atom. The van der Waals surface area contributed by atoms with Gasteiger partial charge >= 0.3 is 0 Å². The number of sulfonamides is 1. The third kappa shape index (κ3) is 3.88. The molecule has 0 amide bonds. The molecule has 3 N–H and O–H groups in total. The highest BCUT2D eigenvalue weighted by Gasteiger charge is 2.17. The Hall–Kier alpha value is -2.29. The summed E-state index contributed by atoms with van der Waals surface area (Å²) in [6.45, 7) is 0.0311. The van der Waals surface area contributed by atoms with Crippen LogP contribution in [0.15, 0.2) is 59.5 Å². The van der Waals surface area contributed by atoms with Crippen molar-refractivity contribution < 1.29 is 13.3 Å². The molecule has 2 aromatic rings. The summed E-state index contributed by atoms with van der Waals surface area (Å²) in [5, 5.41) is 10.6. The van der Waals surface area contributed by atoms with Crippen molar-refractivity contribution in [1.29, 1.82) is 0 Å². The highest BCUT2D eigenvalue weighted by molar-refractivity contribution is 7.89. The first kappa shape index (κ1) is 16.1. The van der Waals surface area contributed by atoms with E-state index in [9.17, 15) is 18.5 Å². The van der Waals surface area contributed by atoms with E-state index in [0.717, 1.165) is 17.7 Å². The molecule has 0 aliphatic heterocycles. The number of nitro groups is 1. The maximum Gasteiger partial charge on any atom is 0.269 e. The number of rotatable bonds is 6. The number of hydrogen-bond acceptors (Lipinski definition) is 5. The quantitative estimate of drug-likeness (QED) is 0.619. The van der Waals surface area contributed by atoms with E-state index in [-0.39, 0.29) is 17.1 Å². The average molecular weight is 321 g/mol. The lowest BCUT2D eigenvalue weighted by Gasteiger charge is -2.13. The zero-order chi connectivity index (χ0) is 16.2. The Kier molecular flexibility index (Phi) is 4.86. The van der Waals surface area contributed by atoms with Crippen LogP contribution in [-0.2, 0) is 10.0 Å². The van der Waals surface area contributed by atoms with Crippen molar-refractivity contribution in [3.63, 3.8) is 0 Å². The van der Waals surface area contributed by atoms with Gasteiger partial charge in [0.05, 0.1) is 9.82 Å². The van der Waals surface area contributed by atoms with Gasteiger partial charge in [-0.2, -0.15) is 0 Å². The van der Waals surface area contributed by atoms with Crippen molar-refractivity contribution >= 4 is 15.7 Å². The van der Waals surface area contributed by atoms with E-state index in [0.29, 0.717) is 0 Å². The van der Waals surface area contributed by atoms with Gasteiger partial charge in [0.15, 0.2) is 0 Å². The van der Waals surface area contributed by atoms with Gasteiger partial charge in [0.25, 0.3) is 5.69 Å². The molecule has 0 unspecified atom stereocenters. The second-order valence-electron chi connectivity index (χ2n) is 4.62. The van der Waals surface area contributed by atoms with E-state index in [2.05, 4.69) is 4.72 Å². The van der Waals surface area contributed by atoms with Crippen molar-refractivity contribution in [3.05, 3.63) is 70.3 Å². The number of nitro benzene ring substituents is 1. The van der Waals surface area contributed by atoms with Crippen LogP contribution in [0.25, 0.3) is 0 Å². The molecule has 0 saturated carbocycles.